The lowest BCUT2D eigenvalue weighted by atomic mass is 10.2. The number of nitrogens with one attached hydrogen (secondary N) is 2. The summed E-state index contributed by atoms with van der Waals surface area (Å²) in [4.78, 5) is 34.7. The zero-order valence-corrected chi connectivity index (χ0v) is 14.2. The van der Waals surface area contributed by atoms with Crippen molar-refractivity contribution < 1.29 is 23.9 Å². The number of hydrogen-bond acceptors (Lipinski definition) is 8. The molecule has 10 heteroatoms. The molecule has 132 valence electrons. The third-order valence-electron chi connectivity index (χ3n) is 3.24. The summed E-state index contributed by atoms with van der Waals surface area (Å²) in [5.74, 6) is -1.34. The molecule has 0 radical (unpaired) electrons. The van der Waals surface area contributed by atoms with Crippen molar-refractivity contribution in [1.29, 1.82) is 0 Å². The fourth-order valence-electron chi connectivity index (χ4n) is 2.05. The number of anilines is 1. The number of carbonyl (C=O) groups excluding carboxylic acids is 3. The van der Waals surface area contributed by atoms with Gasteiger partial charge < -0.3 is 20.1 Å². The zero-order valence-electron chi connectivity index (χ0n) is 13.4. The Morgan fingerprint density at radius 1 is 1.29 bits per heavy atom. The molecule has 1 aromatic heterocycles. The predicted molar refractivity (Wildman–Crippen MR) is 85.5 cm³/mol. The van der Waals surface area contributed by atoms with Crippen molar-refractivity contribution in [2.24, 2.45) is 0 Å². The molecule has 24 heavy (non-hydrogen) atoms. The molecule has 0 saturated carbocycles. The first-order chi connectivity index (χ1) is 11.5. The van der Waals surface area contributed by atoms with Crippen LogP contribution in [0.4, 0.5) is 5.13 Å². The normalized spacial score (nSPS) is 16.6. The molecule has 1 aliphatic heterocycles. The summed E-state index contributed by atoms with van der Waals surface area (Å²) in [5, 5.41) is 13.8. The molecule has 0 unspecified atom stereocenters. The molecule has 0 aromatic carbocycles. The maximum Gasteiger partial charge on any atom is 0.306 e. The van der Waals surface area contributed by atoms with Crippen LogP contribution in [0.1, 0.15) is 30.7 Å². The van der Waals surface area contributed by atoms with Gasteiger partial charge in [0.25, 0.3) is 5.91 Å². The Hall–Kier alpha value is -2.07. The number of aromatic nitrogens is 2. The van der Waals surface area contributed by atoms with Crippen LogP contribution in [0.25, 0.3) is 0 Å². The van der Waals surface area contributed by atoms with Crippen LogP contribution in [0.5, 0.6) is 0 Å². The average molecular weight is 356 g/mol. The van der Waals surface area contributed by atoms with Crippen molar-refractivity contribution in [2.75, 3.05) is 25.1 Å². The van der Waals surface area contributed by atoms with Gasteiger partial charge in [0.2, 0.25) is 11.0 Å². The Kier molecular flexibility index (Phi) is 7.07. The van der Waals surface area contributed by atoms with Gasteiger partial charge >= 0.3 is 5.97 Å². The predicted octanol–water partition coefficient (Wildman–Crippen LogP) is 0.404. The molecule has 9 nitrogen and oxygen atoms in total. The van der Waals surface area contributed by atoms with Gasteiger partial charge in [0.05, 0.1) is 12.5 Å². The van der Waals surface area contributed by atoms with E-state index in [2.05, 4.69) is 20.8 Å². The molecule has 2 N–H and O–H groups in total. The highest BCUT2D eigenvalue weighted by atomic mass is 32.1. The summed E-state index contributed by atoms with van der Waals surface area (Å²) >= 11 is 1.25. The van der Waals surface area contributed by atoms with Crippen molar-refractivity contribution >= 4 is 34.3 Å². The molecule has 1 aromatic rings. The van der Waals surface area contributed by atoms with Crippen LogP contribution < -0.4 is 10.6 Å². The lowest BCUT2D eigenvalue weighted by Gasteiger charge is -2.10. The maximum atomic E-state index is 11.6. The van der Waals surface area contributed by atoms with E-state index in [4.69, 9.17) is 9.47 Å². The largest absolute Gasteiger partial charge is 0.456 e. The molecule has 1 atom stereocenters. The number of rotatable bonds is 8. The van der Waals surface area contributed by atoms with Crippen molar-refractivity contribution in [3.63, 3.8) is 0 Å². The molecule has 1 saturated heterocycles. The summed E-state index contributed by atoms with van der Waals surface area (Å²) in [6.07, 6.45) is 1.80. The van der Waals surface area contributed by atoms with Gasteiger partial charge in [-0.25, -0.2) is 0 Å². The summed E-state index contributed by atoms with van der Waals surface area (Å²) in [6.45, 7) is 2.55. The van der Waals surface area contributed by atoms with E-state index in [1.807, 2.05) is 0 Å². The Balaban J connectivity index is 1.55. The molecular weight excluding hydrogens is 336 g/mol. The quantitative estimate of drug-likeness (QED) is 0.647. The van der Waals surface area contributed by atoms with Gasteiger partial charge in [-0.3, -0.25) is 14.4 Å². The Labute approximate surface area is 143 Å². The first kappa shape index (κ1) is 18.3. The van der Waals surface area contributed by atoms with Gasteiger partial charge in [-0.05, 0) is 19.8 Å². The molecular formula is C14H20N4O5S. The molecule has 2 rings (SSSR count). The van der Waals surface area contributed by atoms with Crippen molar-refractivity contribution in [3.05, 3.63) is 5.01 Å². The number of ether oxygens (including phenoxy) is 2. The van der Waals surface area contributed by atoms with Crippen molar-refractivity contribution in [1.82, 2.24) is 15.5 Å². The van der Waals surface area contributed by atoms with Gasteiger partial charge in [0, 0.05) is 19.6 Å². The van der Waals surface area contributed by atoms with Crippen LogP contribution in [0.2, 0.25) is 0 Å². The topological polar surface area (TPSA) is 120 Å². The molecule has 1 fully saturated rings. The Bertz CT molecular complexity index is 585. The number of hydrogen-bond donors (Lipinski definition) is 2. The molecule has 0 aliphatic carbocycles. The van der Waals surface area contributed by atoms with Gasteiger partial charge in [-0.2, -0.15) is 0 Å². The van der Waals surface area contributed by atoms with E-state index in [0.717, 1.165) is 17.8 Å². The highest BCUT2D eigenvalue weighted by Gasteiger charge is 2.17. The van der Waals surface area contributed by atoms with Crippen LogP contribution in [-0.4, -0.2) is 53.8 Å². The summed E-state index contributed by atoms with van der Waals surface area (Å²) in [5.41, 5.74) is 0. The smallest absolute Gasteiger partial charge is 0.306 e. The van der Waals surface area contributed by atoms with E-state index in [-0.39, 0.29) is 37.4 Å². The highest BCUT2D eigenvalue weighted by Crippen LogP contribution is 2.14. The second-order valence-electron chi connectivity index (χ2n) is 5.27. The second kappa shape index (κ2) is 9.28. The minimum absolute atomic E-state index is 0.0392. The van der Waals surface area contributed by atoms with E-state index in [0.29, 0.717) is 18.3 Å². The second-order valence-corrected chi connectivity index (χ2v) is 6.46. The van der Waals surface area contributed by atoms with Crippen molar-refractivity contribution in [2.45, 2.75) is 38.7 Å². The first-order valence-corrected chi connectivity index (χ1v) is 8.48. The monoisotopic (exact) mass is 356 g/mol. The van der Waals surface area contributed by atoms with Gasteiger partial charge in [-0.1, -0.05) is 11.3 Å². The lowest BCUT2D eigenvalue weighted by Crippen LogP contribution is -2.34. The van der Waals surface area contributed by atoms with Gasteiger partial charge in [0.15, 0.2) is 6.61 Å². The number of carbonyl (C=O) groups is 3. The Morgan fingerprint density at radius 2 is 2.12 bits per heavy atom. The van der Waals surface area contributed by atoms with E-state index in [1.54, 1.807) is 6.92 Å². The SMILES string of the molecule is Cc1nnc(NC(=O)CCC(=O)OCC(=O)NC[C@H]2CCCO2)s1. The lowest BCUT2D eigenvalue weighted by molar-refractivity contribution is -0.149. The van der Waals surface area contributed by atoms with Crippen LogP contribution in [0, 0.1) is 6.92 Å². The summed E-state index contributed by atoms with van der Waals surface area (Å²) < 4.78 is 10.2. The van der Waals surface area contributed by atoms with Gasteiger partial charge in [-0.15, -0.1) is 10.2 Å². The minimum atomic E-state index is -0.606. The number of nitrogens with zero attached hydrogens (tertiary/aromatic N) is 2. The standard InChI is InChI=1S/C14H20N4O5S/c1-9-17-18-14(24-9)16-11(19)4-5-13(21)23-8-12(20)15-7-10-3-2-6-22-10/h10H,2-8H2,1H3,(H,15,20)(H,16,18,19)/t10-/m1/s1. The number of amides is 2. The summed E-state index contributed by atoms with van der Waals surface area (Å²) in [7, 11) is 0. The fraction of sp³-hybridized carbons (Fsp3) is 0.643. The van der Waals surface area contributed by atoms with Crippen LogP contribution in [-0.2, 0) is 23.9 Å². The molecule has 0 spiro atoms. The van der Waals surface area contributed by atoms with Crippen LogP contribution >= 0.6 is 11.3 Å². The highest BCUT2D eigenvalue weighted by molar-refractivity contribution is 7.15. The average Bonchev–Trinajstić information content (AvgIpc) is 3.20. The van der Waals surface area contributed by atoms with E-state index < -0.39 is 5.97 Å². The van der Waals surface area contributed by atoms with E-state index in [9.17, 15) is 14.4 Å². The third-order valence-corrected chi connectivity index (χ3v) is 4.00. The number of esters is 1. The maximum absolute atomic E-state index is 11.6. The van der Waals surface area contributed by atoms with Crippen LogP contribution in [0.3, 0.4) is 0 Å². The molecule has 2 heterocycles. The van der Waals surface area contributed by atoms with E-state index >= 15 is 0 Å². The summed E-state index contributed by atoms with van der Waals surface area (Å²) in [6, 6.07) is 0. The third kappa shape index (κ3) is 6.59. The zero-order chi connectivity index (χ0) is 17.4. The fourth-order valence-corrected chi connectivity index (χ4v) is 2.65. The molecule has 1 aliphatic rings. The van der Waals surface area contributed by atoms with Crippen LogP contribution in [0.15, 0.2) is 0 Å². The molecule has 0 bridgehead atoms. The minimum Gasteiger partial charge on any atom is -0.456 e. The van der Waals surface area contributed by atoms with Gasteiger partial charge in [0.1, 0.15) is 5.01 Å². The van der Waals surface area contributed by atoms with E-state index in [1.165, 1.54) is 11.3 Å². The molecule has 2 amide bonds. The van der Waals surface area contributed by atoms with Crippen molar-refractivity contribution in [3.8, 4) is 0 Å². The number of aryl methyl sites for hydroxylation is 1. The Morgan fingerprint density at radius 3 is 2.79 bits per heavy atom. The first-order valence-electron chi connectivity index (χ1n) is 7.67.